The summed E-state index contributed by atoms with van der Waals surface area (Å²) in [5.74, 6) is 0.835. The van der Waals surface area contributed by atoms with Gasteiger partial charge in [0.2, 0.25) is 0 Å². The van der Waals surface area contributed by atoms with E-state index >= 15 is 0 Å². The van der Waals surface area contributed by atoms with Gasteiger partial charge in [-0.05, 0) is 32.0 Å². The number of nitrogens with zero attached hydrogens (tertiary/aromatic N) is 4. The molecule has 0 spiro atoms. The lowest BCUT2D eigenvalue weighted by Gasteiger charge is -2.10. The van der Waals surface area contributed by atoms with Gasteiger partial charge in [-0.1, -0.05) is 6.07 Å². The first-order valence-corrected chi connectivity index (χ1v) is 7.16. The van der Waals surface area contributed by atoms with Gasteiger partial charge in [0.1, 0.15) is 5.82 Å². The minimum Gasteiger partial charge on any atom is -0.325 e. The van der Waals surface area contributed by atoms with E-state index in [0.717, 1.165) is 22.8 Å². The van der Waals surface area contributed by atoms with E-state index in [4.69, 9.17) is 0 Å². The molecular weight excluding hydrogens is 276 g/mol. The summed E-state index contributed by atoms with van der Waals surface area (Å²) in [6, 6.07) is 7.87. The van der Waals surface area contributed by atoms with Crippen molar-refractivity contribution in [1.82, 2.24) is 19.1 Å². The van der Waals surface area contributed by atoms with Gasteiger partial charge in [0.25, 0.3) is 5.56 Å². The Hall–Kier alpha value is -2.69. The van der Waals surface area contributed by atoms with Crippen LogP contribution in [0.15, 0.2) is 47.7 Å². The average Bonchev–Trinajstić information content (AvgIpc) is 2.92. The zero-order valence-corrected chi connectivity index (χ0v) is 12.9. The van der Waals surface area contributed by atoms with Gasteiger partial charge >= 0.3 is 0 Å². The second-order valence-corrected chi connectivity index (χ2v) is 5.48. The molecule has 3 heterocycles. The first kappa shape index (κ1) is 14.3. The fraction of sp³-hybridized carbons (Fsp3) is 0.235. The lowest BCUT2D eigenvalue weighted by molar-refractivity contribution is 0.773. The summed E-state index contributed by atoms with van der Waals surface area (Å²) >= 11 is 0. The molecule has 0 amide bonds. The molecule has 0 aliphatic heterocycles. The molecule has 22 heavy (non-hydrogen) atoms. The van der Waals surface area contributed by atoms with Crippen molar-refractivity contribution < 1.29 is 0 Å². The normalized spacial score (nSPS) is 10.9. The number of aryl methyl sites for hydroxylation is 3. The minimum absolute atomic E-state index is 0.0159. The van der Waals surface area contributed by atoms with Gasteiger partial charge in [-0.25, -0.2) is 4.98 Å². The molecule has 0 atom stereocenters. The van der Waals surface area contributed by atoms with Crippen LogP contribution >= 0.6 is 0 Å². The van der Waals surface area contributed by atoms with E-state index in [9.17, 15) is 4.79 Å². The third-order valence-electron chi connectivity index (χ3n) is 3.61. The number of hydrogen-bond acceptors (Lipinski definition) is 3. The number of aromatic nitrogens is 4. The summed E-state index contributed by atoms with van der Waals surface area (Å²) in [6.45, 7) is 4.45. The maximum Gasteiger partial charge on any atom is 0.253 e. The number of hydrogen-bond donors (Lipinski definition) is 0. The Morgan fingerprint density at radius 3 is 2.77 bits per heavy atom. The molecule has 0 bridgehead atoms. The molecule has 0 aliphatic rings. The molecule has 0 N–H and O–H groups in total. The van der Waals surface area contributed by atoms with Gasteiger partial charge in [-0.3, -0.25) is 9.78 Å². The van der Waals surface area contributed by atoms with Crippen molar-refractivity contribution in [3.8, 4) is 11.4 Å². The number of pyridine rings is 2. The first-order chi connectivity index (χ1) is 10.5. The molecule has 0 fully saturated rings. The van der Waals surface area contributed by atoms with Crippen molar-refractivity contribution in [3.63, 3.8) is 0 Å². The Kier molecular flexibility index (Phi) is 3.63. The Labute approximate surface area is 128 Å². The highest BCUT2D eigenvalue weighted by molar-refractivity contribution is 5.55. The highest BCUT2D eigenvalue weighted by Crippen LogP contribution is 2.18. The molecule has 0 aliphatic carbocycles. The van der Waals surface area contributed by atoms with Crippen LogP contribution in [0, 0.1) is 13.8 Å². The summed E-state index contributed by atoms with van der Waals surface area (Å²) in [5, 5.41) is 0. The lowest BCUT2D eigenvalue weighted by Crippen LogP contribution is -2.18. The Bertz CT molecular complexity index is 850. The van der Waals surface area contributed by atoms with Gasteiger partial charge in [0.15, 0.2) is 0 Å². The van der Waals surface area contributed by atoms with Crippen LogP contribution in [0.2, 0.25) is 0 Å². The summed E-state index contributed by atoms with van der Waals surface area (Å²) in [6.07, 6.45) is 5.52. The molecule has 0 radical (unpaired) electrons. The van der Waals surface area contributed by atoms with Crippen LogP contribution in [-0.4, -0.2) is 19.1 Å². The standard InChI is InChI=1S/C17H18N4O/c1-12-9-14(10-20(3)17(12)22)16-18-7-8-21(16)11-15-6-4-5-13(2)19-15/h4-10H,11H2,1-3H3. The van der Waals surface area contributed by atoms with Crippen molar-refractivity contribution in [2.45, 2.75) is 20.4 Å². The fourth-order valence-electron chi connectivity index (χ4n) is 2.56. The van der Waals surface area contributed by atoms with E-state index in [1.54, 1.807) is 17.8 Å². The summed E-state index contributed by atoms with van der Waals surface area (Å²) in [4.78, 5) is 20.8. The van der Waals surface area contributed by atoms with Crippen LogP contribution in [-0.2, 0) is 13.6 Å². The molecular formula is C17H18N4O. The summed E-state index contributed by atoms with van der Waals surface area (Å²) in [5.41, 5.74) is 3.64. The molecule has 5 nitrogen and oxygen atoms in total. The van der Waals surface area contributed by atoms with Crippen LogP contribution in [0.1, 0.15) is 17.0 Å². The van der Waals surface area contributed by atoms with E-state index in [0.29, 0.717) is 12.1 Å². The second kappa shape index (κ2) is 5.60. The van der Waals surface area contributed by atoms with Crippen LogP contribution in [0.25, 0.3) is 11.4 Å². The highest BCUT2D eigenvalue weighted by atomic mass is 16.1. The maximum atomic E-state index is 11.8. The van der Waals surface area contributed by atoms with E-state index in [-0.39, 0.29) is 5.56 Å². The summed E-state index contributed by atoms with van der Waals surface area (Å²) in [7, 11) is 1.76. The van der Waals surface area contributed by atoms with Crippen LogP contribution in [0.3, 0.4) is 0 Å². The number of imidazole rings is 1. The Balaban J connectivity index is 2.01. The lowest BCUT2D eigenvalue weighted by atomic mass is 10.2. The molecule has 5 heteroatoms. The monoisotopic (exact) mass is 294 g/mol. The van der Waals surface area contributed by atoms with Crippen molar-refractivity contribution in [3.05, 3.63) is 70.2 Å². The summed E-state index contributed by atoms with van der Waals surface area (Å²) < 4.78 is 3.63. The third kappa shape index (κ3) is 2.70. The van der Waals surface area contributed by atoms with E-state index < -0.39 is 0 Å². The molecule has 0 unspecified atom stereocenters. The predicted octanol–water partition coefficient (Wildman–Crippen LogP) is 2.31. The van der Waals surface area contributed by atoms with Gasteiger partial charge in [0.05, 0.1) is 12.2 Å². The quantitative estimate of drug-likeness (QED) is 0.745. The SMILES string of the molecule is Cc1cccc(Cn2ccnc2-c2cc(C)c(=O)n(C)c2)n1. The molecule has 3 aromatic rings. The van der Waals surface area contributed by atoms with Crippen LogP contribution in [0.5, 0.6) is 0 Å². The molecule has 0 aromatic carbocycles. The fourth-order valence-corrected chi connectivity index (χ4v) is 2.56. The Morgan fingerprint density at radius 1 is 1.23 bits per heavy atom. The highest BCUT2D eigenvalue weighted by Gasteiger charge is 2.10. The second-order valence-electron chi connectivity index (χ2n) is 5.48. The molecule has 112 valence electrons. The van der Waals surface area contributed by atoms with Crippen LogP contribution < -0.4 is 5.56 Å². The van der Waals surface area contributed by atoms with Gasteiger partial charge < -0.3 is 9.13 Å². The minimum atomic E-state index is 0.0159. The number of rotatable bonds is 3. The van der Waals surface area contributed by atoms with Crippen molar-refractivity contribution >= 4 is 0 Å². The van der Waals surface area contributed by atoms with Crippen molar-refractivity contribution in [1.29, 1.82) is 0 Å². The zero-order valence-electron chi connectivity index (χ0n) is 12.9. The predicted molar refractivity (Wildman–Crippen MR) is 85.7 cm³/mol. The van der Waals surface area contributed by atoms with E-state index in [1.165, 1.54) is 0 Å². The third-order valence-corrected chi connectivity index (χ3v) is 3.61. The Morgan fingerprint density at radius 2 is 2.05 bits per heavy atom. The van der Waals surface area contributed by atoms with E-state index in [2.05, 4.69) is 9.97 Å². The van der Waals surface area contributed by atoms with Gasteiger partial charge in [0, 0.05) is 42.5 Å². The maximum absolute atomic E-state index is 11.8. The first-order valence-electron chi connectivity index (χ1n) is 7.16. The van der Waals surface area contributed by atoms with Crippen molar-refractivity contribution in [2.75, 3.05) is 0 Å². The molecule has 3 aromatic heterocycles. The zero-order chi connectivity index (χ0) is 15.7. The average molecular weight is 294 g/mol. The molecule has 0 saturated carbocycles. The van der Waals surface area contributed by atoms with Crippen molar-refractivity contribution in [2.24, 2.45) is 7.05 Å². The van der Waals surface area contributed by atoms with E-state index in [1.807, 2.05) is 55.1 Å². The van der Waals surface area contributed by atoms with Crippen LogP contribution in [0.4, 0.5) is 0 Å². The van der Waals surface area contributed by atoms with Gasteiger partial charge in [-0.2, -0.15) is 0 Å². The molecule has 3 rings (SSSR count). The smallest absolute Gasteiger partial charge is 0.253 e. The largest absolute Gasteiger partial charge is 0.325 e. The topological polar surface area (TPSA) is 52.7 Å². The molecule has 0 saturated heterocycles. The van der Waals surface area contributed by atoms with Gasteiger partial charge in [-0.15, -0.1) is 0 Å².